The van der Waals surface area contributed by atoms with Crippen LogP contribution in [0.15, 0.2) is 42.5 Å². The van der Waals surface area contributed by atoms with E-state index in [4.69, 9.17) is 14.5 Å². The number of carbonyl (C=O) groups excluding carboxylic acids is 1. The van der Waals surface area contributed by atoms with E-state index in [2.05, 4.69) is 30.0 Å². The average molecular weight is 440 g/mol. The van der Waals surface area contributed by atoms with Crippen LogP contribution in [0.2, 0.25) is 0 Å². The maximum atomic E-state index is 13.5. The van der Waals surface area contributed by atoms with E-state index >= 15 is 0 Å². The summed E-state index contributed by atoms with van der Waals surface area (Å²) in [6.45, 7) is 9.35. The van der Waals surface area contributed by atoms with Gasteiger partial charge >= 0.3 is 0 Å². The molecule has 0 aliphatic carbocycles. The lowest BCUT2D eigenvalue weighted by Gasteiger charge is -2.29. The Balaban J connectivity index is 1.60. The molecule has 1 aromatic heterocycles. The lowest BCUT2D eigenvalue weighted by molar-refractivity contribution is 0.0391. The summed E-state index contributed by atoms with van der Waals surface area (Å²) in [6.07, 6.45) is 0.981. The number of aryl methyl sites for hydroxylation is 1. The first-order chi connectivity index (χ1) is 15.2. The van der Waals surface area contributed by atoms with Gasteiger partial charge in [-0.05, 0) is 55.3 Å². The Kier molecular flexibility index (Phi) is 7.17. The van der Waals surface area contributed by atoms with Crippen molar-refractivity contribution in [2.24, 2.45) is 0 Å². The number of hydrogen-bond acceptors (Lipinski definition) is 6. The van der Waals surface area contributed by atoms with Crippen molar-refractivity contribution in [1.29, 1.82) is 0 Å². The van der Waals surface area contributed by atoms with Crippen LogP contribution < -0.4 is 9.64 Å². The van der Waals surface area contributed by atoms with Crippen molar-refractivity contribution in [2.75, 3.05) is 50.9 Å². The van der Waals surface area contributed by atoms with Crippen molar-refractivity contribution < 1.29 is 14.3 Å². The second-order valence-corrected chi connectivity index (χ2v) is 8.53. The molecule has 1 amide bonds. The number of carbonyl (C=O) groups is 1. The maximum Gasteiger partial charge on any atom is 0.260 e. The number of aromatic nitrogens is 1. The van der Waals surface area contributed by atoms with Crippen LogP contribution in [0.1, 0.15) is 29.8 Å². The number of amides is 1. The summed E-state index contributed by atoms with van der Waals surface area (Å²) in [6, 6.07) is 13.7. The van der Waals surface area contributed by atoms with Crippen molar-refractivity contribution in [3.05, 3.63) is 53.6 Å². The zero-order chi connectivity index (χ0) is 21.6. The first-order valence-corrected chi connectivity index (χ1v) is 11.7. The molecule has 1 fully saturated rings. The van der Waals surface area contributed by atoms with E-state index in [-0.39, 0.29) is 5.91 Å². The van der Waals surface area contributed by atoms with Gasteiger partial charge in [-0.3, -0.25) is 14.6 Å². The third kappa shape index (κ3) is 5.23. The predicted molar refractivity (Wildman–Crippen MR) is 126 cm³/mol. The number of anilines is 1. The molecule has 3 aromatic rings. The summed E-state index contributed by atoms with van der Waals surface area (Å²) in [5, 5.41) is 0.746. The van der Waals surface area contributed by atoms with Gasteiger partial charge in [0.25, 0.3) is 5.91 Å². The lowest BCUT2D eigenvalue weighted by Crippen LogP contribution is -2.43. The number of hydrogen-bond donors (Lipinski definition) is 0. The van der Waals surface area contributed by atoms with Crippen molar-refractivity contribution >= 4 is 32.6 Å². The molecule has 0 unspecified atom stereocenters. The highest BCUT2D eigenvalue weighted by molar-refractivity contribution is 7.22. The smallest absolute Gasteiger partial charge is 0.260 e. The molecule has 0 saturated carbocycles. The minimum absolute atomic E-state index is 0.0360. The normalized spacial score (nSPS) is 14.6. The minimum Gasteiger partial charge on any atom is -0.494 e. The molecule has 6 nitrogen and oxygen atoms in total. The van der Waals surface area contributed by atoms with Gasteiger partial charge in [-0.2, -0.15) is 0 Å². The molecule has 7 heteroatoms. The number of fused-ring (bicyclic) bond motifs is 1. The SMILES string of the molecule is CCOc1ccc(C(=O)N(CCN2CCOCC2)c2nc3ccc(CC)cc3s2)cc1. The monoisotopic (exact) mass is 439 g/mol. The molecule has 1 saturated heterocycles. The molecule has 164 valence electrons. The van der Waals surface area contributed by atoms with E-state index < -0.39 is 0 Å². The van der Waals surface area contributed by atoms with E-state index in [1.54, 1.807) is 11.3 Å². The third-order valence-electron chi connectivity index (χ3n) is 5.48. The molecule has 1 aliphatic heterocycles. The molecule has 1 aliphatic rings. The fraction of sp³-hybridized carbons (Fsp3) is 0.417. The Bertz CT molecular complexity index is 1010. The summed E-state index contributed by atoms with van der Waals surface area (Å²) in [4.78, 5) is 22.5. The van der Waals surface area contributed by atoms with Crippen LogP contribution in [-0.2, 0) is 11.2 Å². The second-order valence-electron chi connectivity index (χ2n) is 7.52. The summed E-state index contributed by atoms with van der Waals surface area (Å²) in [7, 11) is 0. The standard InChI is InChI=1S/C24H29N3O3S/c1-3-18-5-10-21-22(17-18)31-24(25-21)27(12-11-26-13-15-29-16-14-26)23(28)19-6-8-20(9-7-19)30-4-2/h5-10,17H,3-4,11-16H2,1-2H3. The van der Waals surface area contributed by atoms with E-state index in [0.717, 1.165) is 60.4 Å². The van der Waals surface area contributed by atoms with Crippen LogP contribution in [0, 0.1) is 0 Å². The van der Waals surface area contributed by atoms with Gasteiger partial charge in [0, 0.05) is 31.7 Å². The molecule has 2 aromatic carbocycles. The second kappa shape index (κ2) is 10.2. The highest BCUT2D eigenvalue weighted by atomic mass is 32.1. The number of thiazole rings is 1. The predicted octanol–water partition coefficient (Wildman–Crippen LogP) is 4.24. The molecule has 0 N–H and O–H groups in total. The van der Waals surface area contributed by atoms with Gasteiger partial charge < -0.3 is 9.47 Å². The van der Waals surface area contributed by atoms with E-state index in [0.29, 0.717) is 18.7 Å². The van der Waals surface area contributed by atoms with Gasteiger partial charge in [0.05, 0.1) is 30.0 Å². The summed E-state index contributed by atoms with van der Waals surface area (Å²) in [5.41, 5.74) is 2.85. The maximum absolute atomic E-state index is 13.5. The number of ether oxygens (including phenoxy) is 2. The minimum atomic E-state index is -0.0360. The first kappa shape index (κ1) is 21.7. The van der Waals surface area contributed by atoms with Gasteiger partial charge in [0.2, 0.25) is 0 Å². The van der Waals surface area contributed by atoms with Gasteiger partial charge in [-0.1, -0.05) is 24.3 Å². The largest absolute Gasteiger partial charge is 0.494 e. The Morgan fingerprint density at radius 3 is 2.65 bits per heavy atom. The van der Waals surface area contributed by atoms with Crippen LogP contribution in [0.4, 0.5) is 5.13 Å². The third-order valence-corrected chi connectivity index (χ3v) is 6.52. The van der Waals surface area contributed by atoms with Crippen LogP contribution in [0.5, 0.6) is 5.75 Å². The topological polar surface area (TPSA) is 54.9 Å². The highest BCUT2D eigenvalue weighted by Gasteiger charge is 2.23. The van der Waals surface area contributed by atoms with Crippen molar-refractivity contribution in [3.63, 3.8) is 0 Å². The molecular weight excluding hydrogens is 410 g/mol. The van der Waals surface area contributed by atoms with Crippen LogP contribution in [-0.4, -0.2) is 61.8 Å². The summed E-state index contributed by atoms with van der Waals surface area (Å²) >= 11 is 1.58. The zero-order valence-electron chi connectivity index (χ0n) is 18.2. The molecule has 31 heavy (non-hydrogen) atoms. The first-order valence-electron chi connectivity index (χ1n) is 10.9. The van der Waals surface area contributed by atoms with Crippen LogP contribution in [0.25, 0.3) is 10.2 Å². The molecule has 4 rings (SSSR count). The average Bonchev–Trinajstić information content (AvgIpc) is 3.23. The fourth-order valence-electron chi connectivity index (χ4n) is 3.66. The Hall–Kier alpha value is -2.48. The lowest BCUT2D eigenvalue weighted by atomic mass is 10.2. The zero-order valence-corrected chi connectivity index (χ0v) is 19.0. The highest BCUT2D eigenvalue weighted by Crippen LogP contribution is 2.31. The molecule has 2 heterocycles. The summed E-state index contributed by atoms with van der Waals surface area (Å²) < 4.78 is 12.1. The van der Waals surface area contributed by atoms with Gasteiger partial charge in [-0.15, -0.1) is 0 Å². The fourth-order valence-corrected chi connectivity index (χ4v) is 4.71. The van der Waals surface area contributed by atoms with Gasteiger partial charge in [0.15, 0.2) is 5.13 Å². The van der Waals surface area contributed by atoms with Gasteiger partial charge in [-0.25, -0.2) is 4.98 Å². The Labute approximate surface area is 187 Å². The van der Waals surface area contributed by atoms with Crippen molar-refractivity contribution in [3.8, 4) is 5.75 Å². The molecule has 0 spiro atoms. The van der Waals surface area contributed by atoms with E-state index in [1.165, 1.54) is 5.56 Å². The Morgan fingerprint density at radius 2 is 1.94 bits per heavy atom. The van der Waals surface area contributed by atoms with E-state index in [1.807, 2.05) is 36.1 Å². The van der Waals surface area contributed by atoms with Crippen molar-refractivity contribution in [2.45, 2.75) is 20.3 Å². The molecular formula is C24H29N3O3S. The van der Waals surface area contributed by atoms with Gasteiger partial charge in [0.1, 0.15) is 5.75 Å². The number of nitrogens with zero attached hydrogens (tertiary/aromatic N) is 3. The van der Waals surface area contributed by atoms with Crippen molar-refractivity contribution in [1.82, 2.24) is 9.88 Å². The number of rotatable bonds is 8. The molecule has 0 atom stereocenters. The van der Waals surface area contributed by atoms with Crippen LogP contribution >= 0.6 is 11.3 Å². The quantitative estimate of drug-likeness (QED) is 0.526. The molecule has 0 radical (unpaired) electrons. The van der Waals surface area contributed by atoms with Crippen LogP contribution in [0.3, 0.4) is 0 Å². The Morgan fingerprint density at radius 1 is 1.16 bits per heavy atom. The number of benzene rings is 2. The number of morpholine rings is 1. The summed E-state index contributed by atoms with van der Waals surface area (Å²) in [5.74, 6) is 0.733. The molecule has 0 bridgehead atoms. The van der Waals surface area contributed by atoms with E-state index in [9.17, 15) is 4.79 Å².